The minimum Gasteiger partial charge on any atom is -0.342 e. The lowest BCUT2D eigenvalue weighted by Gasteiger charge is -2.33. The topological polar surface area (TPSA) is 23.6 Å². The Morgan fingerprint density at radius 3 is 2.32 bits per heavy atom. The fourth-order valence-electron chi connectivity index (χ4n) is 4.61. The van der Waals surface area contributed by atoms with Crippen molar-refractivity contribution < 1.29 is 4.79 Å². The van der Waals surface area contributed by atoms with E-state index in [-0.39, 0.29) is 0 Å². The van der Waals surface area contributed by atoms with Crippen molar-refractivity contribution in [3.8, 4) is 0 Å². The molecule has 3 heteroatoms. The van der Waals surface area contributed by atoms with Crippen molar-refractivity contribution in [2.45, 2.75) is 64.7 Å². The average Bonchev–Trinajstić information content (AvgIpc) is 2.96. The number of hydrogen-bond acceptors (Lipinski definition) is 2. The van der Waals surface area contributed by atoms with Gasteiger partial charge in [0, 0.05) is 25.6 Å². The van der Waals surface area contributed by atoms with Crippen LogP contribution < -0.4 is 0 Å². The first-order valence-electron chi connectivity index (χ1n) is 9.73. The minimum absolute atomic E-state index is 0.361. The summed E-state index contributed by atoms with van der Waals surface area (Å²) in [6.45, 7) is 8.28. The normalized spacial score (nSPS) is 29.7. The lowest BCUT2D eigenvalue weighted by Crippen LogP contribution is -2.38. The summed E-state index contributed by atoms with van der Waals surface area (Å²) in [6.07, 6.45) is 11.3. The highest BCUT2D eigenvalue weighted by atomic mass is 16.2. The van der Waals surface area contributed by atoms with Gasteiger partial charge in [0.2, 0.25) is 5.91 Å². The lowest BCUT2D eigenvalue weighted by atomic mass is 9.95. The van der Waals surface area contributed by atoms with Crippen LogP contribution in [0.15, 0.2) is 0 Å². The number of carbonyl (C=O) groups is 1. The summed E-state index contributed by atoms with van der Waals surface area (Å²) in [7, 11) is 0. The minimum atomic E-state index is 0.361. The van der Waals surface area contributed by atoms with Crippen LogP contribution in [0, 0.1) is 17.8 Å². The fraction of sp³-hybridized carbons (Fsp3) is 0.947. The highest BCUT2D eigenvalue weighted by Crippen LogP contribution is 2.28. The number of likely N-dealkylation sites (tertiary alicyclic amines) is 2. The van der Waals surface area contributed by atoms with Crippen molar-refractivity contribution in [3.05, 3.63) is 0 Å². The second-order valence-corrected chi connectivity index (χ2v) is 8.09. The molecule has 3 nitrogen and oxygen atoms in total. The zero-order valence-corrected chi connectivity index (χ0v) is 14.4. The molecule has 1 saturated carbocycles. The summed E-state index contributed by atoms with van der Waals surface area (Å²) in [4.78, 5) is 17.5. The third-order valence-corrected chi connectivity index (χ3v) is 6.26. The van der Waals surface area contributed by atoms with E-state index in [1.807, 2.05) is 0 Å². The van der Waals surface area contributed by atoms with Crippen molar-refractivity contribution in [3.63, 3.8) is 0 Å². The average molecular weight is 306 g/mol. The molecule has 126 valence electrons. The van der Waals surface area contributed by atoms with Crippen LogP contribution in [0.3, 0.4) is 0 Å². The molecule has 0 radical (unpaired) electrons. The van der Waals surface area contributed by atoms with Gasteiger partial charge in [-0.25, -0.2) is 0 Å². The standard InChI is InChI=1S/C19H34N2O/c1-16-8-12-20(13-9-16)15-17-5-4-11-21(14-10-17)19(22)18-6-2-3-7-18/h16-18H,2-15H2,1H3. The Kier molecular flexibility index (Phi) is 5.78. The predicted molar refractivity (Wildman–Crippen MR) is 90.7 cm³/mol. The van der Waals surface area contributed by atoms with Gasteiger partial charge in [-0.2, -0.15) is 0 Å². The van der Waals surface area contributed by atoms with Crippen molar-refractivity contribution in [1.82, 2.24) is 9.80 Å². The largest absolute Gasteiger partial charge is 0.342 e. The Labute approximate surface area is 136 Å². The van der Waals surface area contributed by atoms with E-state index < -0.39 is 0 Å². The molecule has 2 heterocycles. The number of nitrogens with zero attached hydrogens (tertiary/aromatic N) is 2. The SMILES string of the molecule is CC1CCN(CC2CCCN(C(=O)C3CCCC3)CC2)CC1. The maximum absolute atomic E-state index is 12.6. The molecule has 0 bridgehead atoms. The van der Waals surface area contributed by atoms with Crippen LogP contribution in [0.2, 0.25) is 0 Å². The van der Waals surface area contributed by atoms with E-state index >= 15 is 0 Å². The summed E-state index contributed by atoms with van der Waals surface area (Å²) in [5, 5.41) is 0. The molecule has 1 atom stereocenters. The summed E-state index contributed by atoms with van der Waals surface area (Å²) in [5.74, 6) is 2.57. The smallest absolute Gasteiger partial charge is 0.225 e. The highest BCUT2D eigenvalue weighted by molar-refractivity contribution is 5.79. The van der Waals surface area contributed by atoms with E-state index in [2.05, 4.69) is 16.7 Å². The lowest BCUT2D eigenvalue weighted by molar-refractivity contribution is -0.135. The molecule has 1 unspecified atom stereocenters. The molecule has 2 aliphatic heterocycles. The van der Waals surface area contributed by atoms with Crippen LogP contribution in [-0.4, -0.2) is 48.4 Å². The van der Waals surface area contributed by atoms with Gasteiger partial charge in [0.1, 0.15) is 0 Å². The van der Waals surface area contributed by atoms with Crippen LogP contribution in [0.1, 0.15) is 64.7 Å². The van der Waals surface area contributed by atoms with Gasteiger partial charge in [-0.15, -0.1) is 0 Å². The van der Waals surface area contributed by atoms with Crippen molar-refractivity contribution in [2.75, 3.05) is 32.7 Å². The molecule has 0 aromatic carbocycles. The first-order chi connectivity index (χ1) is 10.7. The molecule has 0 aromatic rings. The Balaban J connectivity index is 1.44. The molecule has 2 saturated heterocycles. The second-order valence-electron chi connectivity index (χ2n) is 8.09. The van der Waals surface area contributed by atoms with Crippen LogP contribution >= 0.6 is 0 Å². The monoisotopic (exact) mass is 306 g/mol. The van der Waals surface area contributed by atoms with E-state index in [0.717, 1.165) is 37.8 Å². The summed E-state index contributed by atoms with van der Waals surface area (Å²) in [5.41, 5.74) is 0. The number of amides is 1. The highest BCUT2D eigenvalue weighted by Gasteiger charge is 2.29. The van der Waals surface area contributed by atoms with Crippen molar-refractivity contribution in [1.29, 1.82) is 0 Å². The Bertz CT molecular complexity index is 356. The van der Waals surface area contributed by atoms with Crippen LogP contribution in [-0.2, 0) is 4.79 Å². The first-order valence-corrected chi connectivity index (χ1v) is 9.73. The van der Waals surface area contributed by atoms with Gasteiger partial charge in [-0.05, 0) is 69.9 Å². The van der Waals surface area contributed by atoms with Gasteiger partial charge >= 0.3 is 0 Å². The van der Waals surface area contributed by atoms with Gasteiger partial charge in [-0.1, -0.05) is 19.8 Å². The molecule has 1 aliphatic carbocycles. The van der Waals surface area contributed by atoms with Crippen molar-refractivity contribution >= 4 is 5.91 Å². The van der Waals surface area contributed by atoms with Gasteiger partial charge in [0.05, 0.1) is 0 Å². The van der Waals surface area contributed by atoms with Crippen LogP contribution in [0.4, 0.5) is 0 Å². The van der Waals surface area contributed by atoms with E-state index in [4.69, 9.17) is 0 Å². The number of carbonyl (C=O) groups excluding carboxylic acids is 1. The zero-order valence-electron chi connectivity index (χ0n) is 14.4. The number of piperidine rings is 1. The third-order valence-electron chi connectivity index (χ3n) is 6.26. The Morgan fingerprint density at radius 1 is 0.864 bits per heavy atom. The van der Waals surface area contributed by atoms with E-state index in [1.165, 1.54) is 64.6 Å². The van der Waals surface area contributed by atoms with Gasteiger partial charge in [-0.3, -0.25) is 4.79 Å². The predicted octanol–water partition coefficient (Wildman–Crippen LogP) is 3.54. The van der Waals surface area contributed by atoms with E-state index in [0.29, 0.717) is 11.8 Å². The molecule has 0 spiro atoms. The fourth-order valence-corrected chi connectivity index (χ4v) is 4.61. The quantitative estimate of drug-likeness (QED) is 0.796. The molecular weight excluding hydrogens is 272 g/mol. The first kappa shape index (κ1) is 16.3. The number of hydrogen-bond donors (Lipinski definition) is 0. The second kappa shape index (κ2) is 7.81. The maximum atomic E-state index is 12.6. The third kappa shape index (κ3) is 4.24. The van der Waals surface area contributed by atoms with E-state index in [1.54, 1.807) is 0 Å². The summed E-state index contributed by atoms with van der Waals surface area (Å²) < 4.78 is 0. The Morgan fingerprint density at radius 2 is 1.59 bits per heavy atom. The van der Waals surface area contributed by atoms with E-state index in [9.17, 15) is 4.79 Å². The maximum Gasteiger partial charge on any atom is 0.225 e. The summed E-state index contributed by atoms with van der Waals surface area (Å²) >= 11 is 0. The number of rotatable bonds is 3. The summed E-state index contributed by atoms with van der Waals surface area (Å²) in [6, 6.07) is 0. The van der Waals surface area contributed by atoms with Crippen LogP contribution in [0.25, 0.3) is 0 Å². The zero-order chi connectivity index (χ0) is 15.4. The molecule has 1 amide bonds. The van der Waals surface area contributed by atoms with Gasteiger partial charge in [0.15, 0.2) is 0 Å². The van der Waals surface area contributed by atoms with Crippen molar-refractivity contribution in [2.24, 2.45) is 17.8 Å². The molecular formula is C19H34N2O. The van der Waals surface area contributed by atoms with Crippen LogP contribution in [0.5, 0.6) is 0 Å². The van der Waals surface area contributed by atoms with Gasteiger partial charge < -0.3 is 9.80 Å². The molecule has 3 aliphatic rings. The molecule has 3 rings (SSSR count). The Hall–Kier alpha value is -0.570. The molecule has 0 aromatic heterocycles. The van der Waals surface area contributed by atoms with Gasteiger partial charge in [0.25, 0.3) is 0 Å². The molecule has 22 heavy (non-hydrogen) atoms. The molecule has 3 fully saturated rings. The molecule has 0 N–H and O–H groups in total.